The Hall–Kier alpha value is -2.66. The summed E-state index contributed by atoms with van der Waals surface area (Å²) in [7, 11) is 0. The van der Waals surface area contributed by atoms with Crippen LogP contribution in [0, 0.1) is 5.92 Å². The number of fused-ring (bicyclic) bond motifs is 1. The zero-order valence-corrected chi connectivity index (χ0v) is 16.7. The number of rotatable bonds is 4. The second-order valence-electron chi connectivity index (χ2n) is 8.55. The van der Waals surface area contributed by atoms with Gasteiger partial charge in [0.15, 0.2) is 0 Å². The van der Waals surface area contributed by atoms with E-state index in [1.807, 2.05) is 42.9 Å². The van der Waals surface area contributed by atoms with Gasteiger partial charge in [-0.15, -0.1) is 0 Å². The van der Waals surface area contributed by atoms with Gasteiger partial charge in [-0.25, -0.2) is 0 Å². The lowest BCUT2D eigenvalue weighted by molar-refractivity contribution is 0.0925. The van der Waals surface area contributed by atoms with Gasteiger partial charge in [0.2, 0.25) is 0 Å². The van der Waals surface area contributed by atoms with E-state index in [4.69, 9.17) is 4.74 Å². The quantitative estimate of drug-likeness (QED) is 0.753. The summed E-state index contributed by atoms with van der Waals surface area (Å²) in [5, 5.41) is 4.36. The Balaban J connectivity index is 1.48. The number of nitrogens with one attached hydrogen (secondary N) is 1. The highest BCUT2D eigenvalue weighted by Gasteiger charge is 2.30. The summed E-state index contributed by atoms with van der Waals surface area (Å²) in [6.45, 7) is 7.57. The van der Waals surface area contributed by atoms with E-state index >= 15 is 0 Å². The van der Waals surface area contributed by atoms with Gasteiger partial charge < -0.3 is 14.6 Å². The standard InChI is InChI=1S/C23H27N3O2/c1-23(2,3)26-11-9-17(13-26)22(27)25-21-15-28-14-18(21)12-16-8-10-24-20-7-5-4-6-19(16)20/h4-11,13,18,21H,12,14-15H2,1-3H3,(H,25,27)/t18-,21+/m1/s1. The molecule has 3 aromatic rings. The van der Waals surface area contributed by atoms with Crippen LogP contribution in [0.3, 0.4) is 0 Å². The van der Waals surface area contributed by atoms with Gasteiger partial charge in [-0.3, -0.25) is 9.78 Å². The molecule has 0 unspecified atom stereocenters. The molecule has 1 aromatic carbocycles. The van der Waals surface area contributed by atoms with Crippen LogP contribution in [0.4, 0.5) is 0 Å². The average Bonchev–Trinajstić information content (AvgIpc) is 3.32. The number of pyridine rings is 1. The van der Waals surface area contributed by atoms with E-state index < -0.39 is 0 Å². The molecule has 28 heavy (non-hydrogen) atoms. The van der Waals surface area contributed by atoms with E-state index in [0.717, 1.165) is 11.9 Å². The van der Waals surface area contributed by atoms with Crippen molar-refractivity contribution in [3.05, 3.63) is 66.1 Å². The molecule has 1 aliphatic heterocycles. The zero-order valence-electron chi connectivity index (χ0n) is 16.7. The van der Waals surface area contributed by atoms with Crippen LogP contribution in [-0.4, -0.2) is 34.7 Å². The SMILES string of the molecule is CC(C)(C)n1ccc(C(=O)N[C@H]2COC[C@H]2Cc2ccnc3ccccc23)c1. The van der Waals surface area contributed by atoms with Gasteiger partial charge in [0.25, 0.3) is 5.91 Å². The number of carbonyl (C=O) groups excluding carboxylic acids is 1. The molecule has 0 bridgehead atoms. The molecule has 0 spiro atoms. The molecule has 0 saturated carbocycles. The van der Waals surface area contributed by atoms with Crippen molar-refractivity contribution in [1.82, 2.24) is 14.9 Å². The second kappa shape index (κ2) is 7.40. The molecular weight excluding hydrogens is 350 g/mol. The molecule has 1 amide bonds. The largest absolute Gasteiger partial charge is 0.379 e. The van der Waals surface area contributed by atoms with Crippen LogP contribution < -0.4 is 5.32 Å². The van der Waals surface area contributed by atoms with E-state index in [2.05, 4.69) is 47.8 Å². The Labute approximate surface area is 165 Å². The van der Waals surface area contributed by atoms with Gasteiger partial charge in [-0.05, 0) is 51.0 Å². The van der Waals surface area contributed by atoms with Crippen molar-refractivity contribution in [3.8, 4) is 0 Å². The molecule has 2 aromatic heterocycles. The number of ether oxygens (including phenoxy) is 1. The van der Waals surface area contributed by atoms with E-state index in [1.54, 1.807) is 0 Å². The Bertz CT molecular complexity index is 981. The highest BCUT2D eigenvalue weighted by molar-refractivity contribution is 5.94. The Morgan fingerprint density at radius 2 is 2.04 bits per heavy atom. The van der Waals surface area contributed by atoms with Crippen molar-refractivity contribution >= 4 is 16.8 Å². The maximum atomic E-state index is 12.8. The van der Waals surface area contributed by atoms with Crippen LogP contribution in [0.15, 0.2) is 55.0 Å². The summed E-state index contributed by atoms with van der Waals surface area (Å²) in [5.74, 6) is 0.211. The maximum Gasteiger partial charge on any atom is 0.253 e. The van der Waals surface area contributed by atoms with Gasteiger partial charge in [0.05, 0.1) is 30.3 Å². The summed E-state index contributed by atoms with van der Waals surface area (Å²) in [6.07, 6.45) is 6.59. The molecule has 0 radical (unpaired) electrons. The summed E-state index contributed by atoms with van der Waals surface area (Å²) >= 11 is 0. The fourth-order valence-corrected chi connectivity index (χ4v) is 3.77. The highest BCUT2D eigenvalue weighted by atomic mass is 16.5. The van der Waals surface area contributed by atoms with Crippen molar-refractivity contribution in [2.75, 3.05) is 13.2 Å². The predicted molar refractivity (Wildman–Crippen MR) is 110 cm³/mol. The minimum atomic E-state index is -0.0417. The summed E-state index contributed by atoms with van der Waals surface area (Å²) in [6, 6.07) is 12.1. The van der Waals surface area contributed by atoms with Gasteiger partial charge in [-0.2, -0.15) is 0 Å². The fourth-order valence-electron chi connectivity index (χ4n) is 3.77. The van der Waals surface area contributed by atoms with Crippen molar-refractivity contribution < 1.29 is 9.53 Å². The molecule has 1 saturated heterocycles. The van der Waals surface area contributed by atoms with E-state index in [9.17, 15) is 4.79 Å². The molecule has 0 aliphatic carbocycles. The highest BCUT2D eigenvalue weighted by Crippen LogP contribution is 2.24. The molecule has 4 rings (SSSR count). The van der Waals surface area contributed by atoms with Gasteiger partial charge in [-0.1, -0.05) is 18.2 Å². The normalized spacial score (nSPS) is 19.8. The third-order valence-electron chi connectivity index (χ3n) is 5.47. The minimum absolute atomic E-state index is 0.0115. The number of nitrogens with zero attached hydrogens (tertiary/aromatic N) is 2. The first-order valence-electron chi connectivity index (χ1n) is 9.81. The summed E-state index contributed by atoms with van der Waals surface area (Å²) < 4.78 is 7.78. The minimum Gasteiger partial charge on any atom is -0.379 e. The van der Waals surface area contributed by atoms with Crippen molar-refractivity contribution in [3.63, 3.8) is 0 Å². The van der Waals surface area contributed by atoms with Crippen LogP contribution in [0.1, 0.15) is 36.7 Å². The Kier molecular flexibility index (Phi) is 4.94. The molecule has 2 atom stereocenters. The molecule has 5 nitrogen and oxygen atoms in total. The topological polar surface area (TPSA) is 56.2 Å². The van der Waals surface area contributed by atoms with Crippen molar-refractivity contribution in [2.45, 2.75) is 38.8 Å². The second-order valence-corrected chi connectivity index (χ2v) is 8.55. The number of carbonyl (C=O) groups is 1. The van der Waals surface area contributed by atoms with Gasteiger partial charge >= 0.3 is 0 Å². The van der Waals surface area contributed by atoms with Crippen LogP contribution in [0.25, 0.3) is 10.9 Å². The molecular formula is C23H27N3O2. The number of para-hydroxylation sites is 1. The molecule has 1 fully saturated rings. The molecule has 1 N–H and O–H groups in total. The van der Waals surface area contributed by atoms with Gasteiger partial charge in [0.1, 0.15) is 0 Å². The lowest BCUT2D eigenvalue weighted by Crippen LogP contribution is -2.40. The smallest absolute Gasteiger partial charge is 0.253 e. The Morgan fingerprint density at radius 1 is 1.21 bits per heavy atom. The van der Waals surface area contributed by atoms with Crippen molar-refractivity contribution in [1.29, 1.82) is 0 Å². The van der Waals surface area contributed by atoms with E-state index in [-0.39, 0.29) is 23.4 Å². The predicted octanol–water partition coefficient (Wildman–Crippen LogP) is 3.78. The number of hydrogen-bond donors (Lipinski definition) is 1. The van der Waals surface area contributed by atoms with Crippen LogP contribution in [0.2, 0.25) is 0 Å². The summed E-state index contributed by atoms with van der Waals surface area (Å²) in [4.78, 5) is 17.2. The third-order valence-corrected chi connectivity index (χ3v) is 5.47. The van der Waals surface area contributed by atoms with Crippen LogP contribution >= 0.6 is 0 Å². The molecule has 146 valence electrons. The zero-order chi connectivity index (χ0) is 19.7. The first-order valence-corrected chi connectivity index (χ1v) is 9.81. The van der Waals surface area contributed by atoms with Crippen LogP contribution in [-0.2, 0) is 16.7 Å². The maximum absolute atomic E-state index is 12.8. The monoisotopic (exact) mass is 377 g/mol. The van der Waals surface area contributed by atoms with Crippen LogP contribution in [0.5, 0.6) is 0 Å². The van der Waals surface area contributed by atoms with E-state index in [1.165, 1.54) is 10.9 Å². The molecule has 3 heterocycles. The average molecular weight is 377 g/mol. The number of amides is 1. The molecule has 5 heteroatoms. The lowest BCUT2D eigenvalue weighted by Gasteiger charge is -2.21. The summed E-state index contributed by atoms with van der Waals surface area (Å²) in [5.41, 5.74) is 2.90. The molecule has 1 aliphatic rings. The number of benzene rings is 1. The third kappa shape index (κ3) is 3.80. The first-order chi connectivity index (χ1) is 13.4. The fraction of sp³-hybridized carbons (Fsp3) is 0.391. The number of hydrogen-bond acceptors (Lipinski definition) is 3. The first kappa shape index (κ1) is 18.7. The van der Waals surface area contributed by atoms with Gasteiger partial charge in [0, 0.05) is 35.4 Å². The Morgan fingerprint density at radius 3 is 2.82 bits per heavy atom. The lowest BCUT2D eigenvalue weighted by atomic mass is 9.93. The van der Waals surface area contributed by atoms with E-state index in [0.29, 0.717) is 18.8 Å². The van der Waals surface area contributed by atoms with Crippen molar-refractivity contribution in [2.24, 2.45) is 5.92 Å². The number of aromatic nitrogens is 2.